The number of hydrogen-bond donors (Lipinski definition) is 1. The highest BCUT2D eigenvalue weighted by atomic mass is 16.7. The molecule has 1 amide bonds. The van der Waals surface area contributed by atoms with Crippen LogP contribution in [0.5, 0.6) is 0 Å². The van der Waals surface area contributed by atoms with Gasteiger partial charge in [-0.1, -0.05) is 30.3 Å². The van der Waals surface area contributed by atoms with E-state index in [1.165, 1.54) is 4.90 Å². The summed E-state index contributed by atoms with van der Waals surface area (Å²) in [7, 11) is 1.61. The van der Waals surface area contributed by atoms with Crippen molar-refractivity contribution >= 4 is 6.09 Å². The van der Waals surface area contributed by atoms with Gasteiger partial charge in [-0.15, -0.1) is 0 Å². The molecule has 14 heavy (non-hydrogen) atoms. The maximum atomic E-state index is 11.1. The zero-order valence-electron chi connectivity index (χ0n) is 7.75. The molecule has 1 heterocycles. The second-order valence-corrected chi connectivity index (χ2v) is 3.24. The standard InChI is InChI=1S/C10H11NO3/c1-11-8(9(12)14-10(11)13)7-5-3-2-4-6-7/h2-6,8-9,12H,1H3. The van der Waals surface area contributed by atoms with Crippen molar-refractivity contribution in [3.63, 3.8) is 0 Å². The van der Waals surface area contributed by atoms with Crippen LogP contribution >= 0.6 is 0 Å². The van der Waals surface area contributed by atoms with Crippen LogP contribution in [0.3, 0.4) is 0 Å². The lowest BCUT2D eigenvalue weighted by atomic mass is 10.1. The molecule has 2 rings (SSSR count). The summed E-state index contributed by atoms with van der Waals surface area (Å²) in [6, 6.07) is 8.91. The molecule has 4 heteroatoms. The summed E-state index contributed by atoms with van der Waals surface area (Å²) >= 11 is 0. The van der Waals surface area contributed by atoms with E-state index in [9.17, 15) is 9.90 Å². The van der Waals surface area contributed by atoms with Crippen molar-refractivity contribution in [2.24, 2.45) is 0 Å². The lowest BCUT2D eigenvalue weighted by Crippen LogP contribution is -2.25. The largest absolute Gasteiger partial charge is 0.417 e. The Balaban J connectivity index is 2.31. The summed E-state index contributed by atoms with van der Waals surface area (Å²) in [4.78, 5) is 12.5. The maximum Gasteiger partial charge on any atom is 0.412 e. The number of carbonyl (C=O) groups excluding carboxylic acids is 1. The minimum atomic E-state index is -1.07. The lowest BCUT2D eigenvalue weighted by molar-refractivity contribution is -0.0384. The fraction of sp³-hybridized carbons (Fsp3) is 0.300. The number of nitrogens with zero attached hydrogens (tertiary/aromatic N) is 1. The van der Waals surface area contributed by atoms with Gasteiger partial charge in [0.1, 0.15) is 6.04 Å². The Morgan fingerprint density at radius 1 is 1.36 bits per heavy atom. The Hall–Kier alpha value is -1.55. The van der Waals surface area contributed by atoms with Gasteiger partial charge in [0.15, 0.2) is 0 Å². The van der Waals surface area contributed by atoms with E-state index in [0.717, 1.165) is 5.56 Å². The summed E-state index contributed by atoms with van der Waals surface area (Å²) in [5, 5.41) is 9.50. The number of aliphatic hydroxyl groups excluding tert-OH is 1. The SMILES string of the molecule is CN1C(=O)OC(O)C1c1ccccc1. The molecule has 2 unspecified atom stereocenters. The quantitative estimate of drug-likeness (QED) is 0.727. The molecule has 1 saturated heterocycles. The Morgan fingerprint density at radius 3 is 2.50 bits per heavy atom. The molecule has 0 aromatic heterocycles. The van der Waals surface area contributed by atoms with Gasteiger partial charge in [-0.25, -0.2) is 4.79 Å². The van der Waals surface area contributed by atoms with E-state index in [1.54, 1.807) is 7.05 Å². The van der Waals surface area contributed by atoms with Crippen molar-refractivity contribution < 1.29 is 14.6 Å². The molecule has 0 bridgehead atoms. The molecule has 0 saturated carbocycles. The number of ether oxygens (including phenoxy) is 1. The van der Waals surface area contributed by atoms with Crippen LogP contribution in [0.25, 0.3) is 0 Å². The molecule has 1 aliphatic rings. The predicted octanol–water partition coefficient (Wildman–Crippen LogP) is 1.13. The molecule has 2 atom stereocenters. The number of likely N-dealkylation sites (N-methyl/N-ethyl adjacent to an activating group) is 1. The monoisotopic (exact) mass is 193 g/mol. The van der Waals surface area contributed by atoms with Gasteiger partial charge in [0.2, 0.25) is 6.29 Å². The van der Waals surface area contributed by atoms with Gasteiger partial charge in [0.05, 0.1) is 0 Å². The first-order chi connectivity index (χ1) is 6.70. The zero-order chi connectivity index (χ0) is 10.1. The van der Waals surface area contributed by atoms with E-state index < -0.39 is 18.4 Å². The second-order valence-electron chi connectivity index (χ2n) is 3.24. The molecule has 74 valence electrons. The van der Waals surface area contributed by atoms with E-state index in [0.29, 0.717) is 0 Å². The highest BCUT2D eigenvalue weighted by Crippen LogP contribution is 2.29. The molecule has 1 aromatic carbocycles. The van der Waals surface area contributed by atoms with Crippen molar-refractivity contribution in [3.8, 4) is 0 Å². The van der Waals surface area contributed by atoms with E-state index in [1.807, 2.05) is 30.3 Å². The molecule has 1 aliphatic heterocycles. The second kappa shape index (κ2) is 3.31. The smallest absolute Gasteiger partial charge is 0.412 e. The summed E-state index contributed by atoms with van der Waals surface area (Å²) < 4.78 is 4.68. The summed E-state index contributed by atoms with van der Waals surface area (Å²) in [6.45, 7) is 0. The third-order valence-electron chi connectivity index (χ3n) is 2.34. The maximum absolute atomic E-state index is 11.1. The van der Waals surface area contributed by atoms with Crippen molar-refractivity contribution in [2.45, 2.75) is 12.3 Å². The van der Waals surface area contributed by atoms with Crippen LogP contribution < -0.4 is 0 Å². The summed E-state index contributed by atoms with van der Waals surface area (Å²) in [6.07, 6.45) is -1.57. The third kappa shape index (κ3) is 1.33. The van der Waals surface area contributed by atoms with E-state index in [2.05, 4.69) is 4.74 Å². The average molecular weight is 193 g/mol. The molecule has 1 N–H and O–H groups in total. The van der Waals surface area contributed by atoms with Gasteiger partial charge in [0.25, 0.3) is 0 Å². The first-order valence-corrected chi connectivity index (χ1v) is 4.36. The van der Waals surface area contributed by atoms with Gasteiger partial charge in [-0.05, 0) is 5.56 Å². The van der Waals surface area contributed by atoms with Crippen LogP contribution in [0.4, 0.5) is 4.79 Å². The van der Waals surface area contributed by atoms with Crippen molar-refractivity contribution in [1.82, 2.24) is 4.90 Å². The highest BCUT2D eigenvalue weighted by Gasteiger charge is 2.39. The third-order valence-corrected chi connectivity index (χ3v) is 2.34. The number of aliphatic hydroxyl groups is 1. The van der Waals surface area contributed by atoms with Gasteiger partial charge >= 0.3 is 6.09 Å². The fourth-order valence-corrected chi connectivity index (χ4v) is 1.59. The number of rotatable bonds is 1. The topological polar surface area (TPSA) is 49.8 Å². The fourth-order valence-electron chi connectivity index (χ4n) is 1.59. The van der Waals surface area contributed by atoms with Crippen LogP contribution in [-0.4, -0.2) is 29.4 Å². The minimum absolute atomic E-state index is 0.399. The van der Waals surface area contributed by atoms with Gasteiger partial charge in [0, 0.05) is 7.05 Å². The highest BCUT2D eigenvalue weighted by molar-refractivity contribution is 5.70. The summed E-state index contributed by atoms with van der Waals surface area (Å²) in [5.74, 6) is 0. The van der Waals surface area contributed by atoms with E-state index in [-0.39, 0.29) is 0 Å². The Kier molecular flexibility index (Phi) is 2.13. The van der Waals surface area contributed by atoms with E-state index >= 15 is 0 Å². The number of carbonyl (C=O) groups is 1. The number of hydrogen-bond acceptors (Lipinski definition) is 3. The van der Waals surface area contributed by atoms with E-state index in [4.69, 9.17) is 0 Å². The first-order valence-electron chi connectivity index (χ1n) is 4.36. The molecule has 0 aliphatic carbocycles. The molecule has 1 aromatic rings. The molecular weight excluding hydrogens is 182 g/mol. The number of cyclic esters (lactones) is 1. The Morgan fingerprint density at radius 2 is 2.00 bits per heavy atom. The Bertz CT molecular complexity index is 338. The first kappa shape index (κ1) is 9.02. The molecular formula is C10H11NO3. The van der Waals surface area contributed by atoms with Crippen LogP contribution in [0.15, 0.2) is 30.3 Å². The number of amides is 1. The van der Waals surface area contributed by atoms with Crippen LogP contribution in [0, 0.1) is 0 Å². The molecule has 0 spiro atoms. The summed E-state index contributed by atoms with van der Waals surface area (Å²) in [5.41, 5.74) is 0.869. The van der Waals surface area contributed by atoms with Gasteiger partial charge in [-0.3, -0.25) is 4.90 Å². The van der Waals surface area contributed by atoms with Crippen LogP contribution in [0.1, 0.15) is 11.6 Å². The van der Waals surface area contributed by atoms with Crippen molar-refractivity contribution in [1.29, 1.82) is 0 Å². The van der Waals surface area contributed by atoms with Crippen molar-refractivity contribution in [3.05, 3.63) is 35.9 Å². The predicted molar refractivity (Wildman–Crippen MR) is 49.4 cm³/mol. The van der Waals surface area contributed by atoms with Gasteiger partial charge in [-0.2, -0.15) is 0 Å². The molecule has 0 radical (unpaired) electrons. The van der Waals surface area contributed by atoms with Gasteiger partial charge < -0.3 is 9.84 Å². The van der Waals surface area contributed by atoms with Crippen LogP contribution in [-0.2, 0) is 4.74 Å². The minimum Gasteiger partial charge on any atom is -0.417 e. The molecule has 1 fully saturated rings. The molecule has 4 nitrogen and oxygen atoms in total. The number of benzene rings is 1. The normalized spacial score (nSPS) is 26.4. The van der Waals surface area contributed by atoms with Crippen molar-refractivity contribution in [2.75, 3.05) is 7.05 Å². The van der Waals surface area contributed by atoms with Crippen LogP contribution in [0.2, 0.25) is 0 Å². The lowest BCUT2D eigenvalue weighted by Gasteiger charge is -2.18. The zero-order valence-corrected chi connectivity index (χ0v) is 7.75. The Labute approximate surface area is 81.7 Å². The average Bonchev–Trinajstić information content (AvgIpc) is 2.43.